The number of amides is 1. The van der Waals surface area contributed by atoms with Gasteiger partial charge in [0.25, 0.3) is 0 Å². The Kier molecular flexibility index (Phi) is 2.74. The van der Waals surface area contributed by atoms with Gasteiger partial charge >= 0.3 is 12.1 Å². The number of hydrogen-bond acceptors (Lipinski definition) is 3. The molecule has 80 valence electrons. The van der Waals surface area contributed by atoms with E-state index in [0.717, 1.165) is 12.2 Å². The maximum Gasteiger partial charge on any atom is 0.471 e. The highest BCUT2D eigenvalue weighted by atomic mass is 19.4. The number of rotatable bonds is 1. The largest absolute Gasteiger partial charge is 0.471 e. The monoisotopic (exact) mass is 219 g/mol. The lowest BCUT2D eigenvalue weighted by Crippen LogP contribution is -2.38. The molecule has 0 aromatic rings. The fraction of sp³-hybridized carbons (Fsp3) is 0.125. The predicted molar refractivity (Wildman–Crippen MR) is 41.4 cm³/mol. The summed E-state index contributed by atoms with van der Waals surface area (Å²) in [4.78, 5) is 32.0. The van der Waals surface area contributed by atoms with E-state index in [1.54, 1.807) is 0 Å². The molecule has 0 aromatic carbocycles. The number of alkyl halides is 3. The van der Waals surface area contributed by atoms with Crippen LogP contribution in [0.5, 0.6) is 0 Å². The summed E-state index contributed by atoms with van der Waals surface area (Å²) in [5, 5.41) is 1.31. The van der Waals surface area contributed by atoms with E-state index in [2.05, 4.69) is 0 Å². The molecule has 0 aromatic heterocycles. The van der Waals surface area contributed by atoms with Gasteiger partial charge in [-0.05, 0) is 12.2 Å². The van der Waals surface area contributed by atoms with E-state index >= 15 is 0 Å². The molecule has 4 nitrogen and oxygen atoms in total. The van der Waals surface area contributed by atoms with E-state index in [1.165, 1.54) is 5.32 Å². The molecule has 1 N–H and O–H groups in total. The van der Waals surface area contributed by atoms with E-state index in [9.17, 15) is 27.6 Å². The summed E-state index contributed by atoms with van der Waals surface area (Å²) in [7, 11) is 0. The highest BCUT2D eigenvalue weighted by Gasteiger charge is 2.39. The van der Waals surface area contributed by atoms with Crippen molar-refractivity contribution in [2.45, 2.75) is 6.18 Å². The van der Waals surface area contributed by atoms with Crippen LogP contribution in [-0.2, 0) is 14.4 Å². The number of carbonyl (C=O) groups excluding carboxylic acids is 3. The van der Waals surface area contributed by atoms with Crippen LogP contribution in [0.3, 0.4) is 0 Å². The topological polar surface area (TPSA) is 63.2 Å². The standard InChI is InChI=1S/C8H4F3NO3/c9-8(10,11)7(15)12-5-3-4(13)1-2-6(5)14/h1-3H,(H,12,15). The third kappa shape index (κ3) is 2.76. The van der Waals surface area contributed by atoms with Crippen LogP contribution < -0.4 is 5.32 Å². The summed E-state index contributed by atoms with van der Waals surface area (Å²) >= 11 is 0. The molecular formula is C8H4F3NO3. The predicted octanol–water partition coefficient (Wildman–Crippen LogP) is 0.257. The molecule has 0 heterocycles. The van der Waals surface area contributed by atoms with Crippen molar-refractivity contribution in [3.8, 4) is 0 Å². The molecule has 0 saturated carbocycles. The summed E-state index contributed by atoms with van der Waals surface area (Å²) < 4.78 is 35.3. The Bertz CT molecular complexity index is 392. The van der Waals surface area contributed by atoms with Gasteiger partial charge in [-0.15, -0.1) is 0 Å². The van der Waals surface area contributed by atoms with Crippen molar-refractivity contribution in [3.05, 3.63) is 23.9 Å². The molecule has 0 bridgehead atoms. The molecule has 1 aliphatic rings. The number of ketones is 2. The average Bonchev–Trinajstić information content (AvgIpc) is 2.09. The number of hydrogen-bond donors (Lipinski definition) is 1. The smallest absolute Gasteiger partial charge is 0.315 e. The maximum absolute atomic E-state index is 11.8. The minimum atomic E-state index is -5.09. The first-order chi connectivity index (χ1) is 6.80. The first kappa shape index (κ1) is 11.2. The quantitative estimate of drug-likeness (QED) is 0.643. The van der Waals surface area contributed by atoms with Crippen LogP contribution in [-0.4, -0.2) is 23.6 Å². The van der Waals surface area contributed by atoms with E-state index in [-0.39, 0.29) is 0 Å². The van der Waals surface area contributed by atoms with Crippen LogP contribution in [0.1, 0.15) is 0 Å². The van der Waals surface area contributed by atoms with Gasteiger partial charge in [-0.3, -0.25) is 14.4 Å². The first-order valence-corrected chi connectivity index (χ1v) is 3.67. The number of allylic oxidation sites excluding steroid dienone is 3. The van der Waals surface area contributed by atoms with Crippen molar-refractivity contribution in [1.29, 1.82) is 0 Å². The third-order valence-electron chi connectivity index (χ3n) is 1.46. The zero-order chi connectivity index (χ0) is 11.6. The summed E-state index contributed by atoms with van der Waals surface area (Å²) in [6, 6.07) is 0. The summed E-state index contributed by atoms with van der Waals surface area (Å²) in [5.41, 5.74) is -0.676. The molecule has 0 saturated heterocycles. The van der Waals surface area contributed by atoms with Crippen LogP contribution >= 0.6 is 0 Å². The van der Waals surface area contributed by atoms with Gasteiger partial charge in [0.1, 0.15) is 0 Å². The van der Waals surface area contributed by atoms with Gasteiger partial charge < -0.3 is 5.32 Å². The number of carbonyl (C=O) groups is 3. The third-order valence-corrected chi connectivity index (χ3v) is 1.46. The Morgan fingerprint density at radius 3 is 2.33 bits per heavy atom. The summed E-state index contributed by atoms with van der Waals surface area (Å²) in [5.74, 6) is -3.80. The molecule has 0 fully saturated rings. The molecule has 0 atom stereocenters. The van der Waals surface area contributed by atoms with Crippen molar-refractivity contribution < 1.29 is 27.6 Å². The lowest BCUT2D eigenvalue weighted by atomic mass is 10.1. The Labute approximate surface area is 81.4 Å². The molecule has 7 heteroatoms. The van der Waals surface area contributed by atoms with Crippen molar-refractivity contribution in [3.63, 3.8) is 0 Å². The minimum absolute atomic E-state index is 0.631. The van der Waals surface area contributed by atoms with E-state index < -0.39 is 29.3 Å². The van der Waals surface area contributed by atoms with Crippen LogP contribution in [0, 0.1) is 0 Å². The van der Waals surface area contributed by atoms with Crippen molar-refractivity contribution in [1.82, 2.24) is 5.32 Å². The first-order valence-electron chi connectivity index (χ1n) is 3.67. The molecule has 0 unspecified atom stereocenters. The Hall–Kier alpha value is -1.92. The van der Waals surface area contributed by atoms with Gasteiger partial charge in [0.05, 0.1) is 5.70 Å². The highest BCUT2D eigenvalue weighted by molar-refractivity contribution is 6.18. The van der Waals surface area contributed by atoms with Gasteiger partial charge in [-0.2, -0.15) is 13.2 Å². The van der Waals surface area contributed by atoms with Crippen LogP contribution in [0.2, 0.25) is 0 Å². The second-order valence-corrected chi connectivity index (χ2v) is 2.61. The molecule has 0 aliphatic heterocycles. The zero-order valence-corrected chi connectivity index (χ0v) is 7.09. The molecular weight excluding hydrogens is 215 g/mol. The minimum Gasteiger partial charge on any atom is -0.315 e. The average molecular weight is 219 g/mol. The molecule has 0 radical (unpaired) electrons. The summed E-state index contributed by atoms with van der Waals surface area (Å²) in [6.07, 6.45) is -2.78. The Balaban J connectivity index is 2.79. The maximum atomic E-state index is 11.8. The van der Waals surface area contributed by atoms with Crippen LogP contribution in [0.15, 0.2) is 23.9 Å². The molecule has 0 spiro atoms. The fourth-order valence-corrected chi connectivity index (χ4v) is 0.800. The highest BCUT2D eigenvalue weighted by Crippen LogP contribution is 2.15. The van der Waals surface area contributed by atoms with Crippen LogP contribution in [0.25, 0.3) is 0 Å². The van der Waals surface area contributed by atoms with Gasteiger partial charge in [0, 0.05) is 6.08 Å². The van der Waals surface area contributed by atoms with Crippen molar-refractivity contribution in [2.75, 3.05) is 0 Å². The molecule has 15 heavy (non-hydrogen) atoms. The van der Waals surface area contributed by atoms with E-state index in [4.69, 9.17) is 0 Å². The molecule has 1 rings (SSSR count). The number of halogens is 3. The van der Waals surface area contributed by atoms with Crippen LogP contribution in [0.4, 0.5) is 13.2 Å². The summed E-state index contributed by atoms with van der Waals surface area (Å²) in [6.45, 7) is 0. The van der Waals surface area contributed by atoms with Gasteiger partial charge in [0.15, 0.2) is 5.78 Å². The number of nitrogens with one attached hydrogen (secondary N) is 1. The second kappa shape index (κ2) is 3.68. The van der Waals surface area contributed by atoms with Crippen molar-refractivity contribution >= 4 is 17.5 Å². The van der Waals surface area contributed by atoms with E-state index in [0.29, 0.717) is 6.08 Å². The van der Waals surface area contributed by atoms with Gasteiger partial charge in [-0.25, -0.2) is 0 Å². The zero-order valence-electron chi connectivity index (χ0n) is 7.09. The Morgan fingerprint density at radius 1 is 1.20 bits per heavy atom. The molecule has 1 amide bonds. The van der Waals surface area contributed by atoms with Gasteiger partial charge in [0.2, 0.25) is 5.78 Å². The second-order valence-electron chi connectivity index (χ2n) is 2.61. The lowest BCUT2D eigenvalue weighted by Gasteiger charge is -2.10. The normalized spacial score (nSPS) is 16.3. The van der Waals surface area contributed by atoms with Gasteiger partial charge in [-0.1, -0.05) is 0 Å². The Morgan fingerprint density at radius 2 is 1.80 bits per heavy atom. The lowest BCUT2D eigenvalue weighted by molar-refractivity contribution is -0.172. The fourth-order valence-electron chi connectivity index (χ4n) is 0.800. The van der Waals surface area contributed by atoms with E-state index in [1.807, 2.05) is 0 Å². The van der Waals surface area contributed by atoms with Crippen molar-refractivity contribution in [2.24, 2.45) is 0 Å². The SMILES string of the molecule is O=C1C=CC(=O)C(NC(=O)C(F)(F)F)=C1. The molecule has 1 aliphatic carbocycles.